The molecule has 6 nitrogen and oxygen atoms in total. The fourth-order valence-electron chi connectivity index (χ4n) is 3.11. The van der Waals surface area contributed by atoms with E-state index < -0.39 is 17.1 Å². The van der Waals surface area contributed by atoms with Crippen molar-refractivity contribution in [3.05, 3.63) is 51.3 Å². The number of carbonyl (C=O) groups excluding carboxylic acids is 1. The Morgan fingerprint density at radius 1 is 1.29 bits per heavy atom. The highest BCUT2D eigenvalue weighted by Crippen LogP contribution is 2.43. The summed E-state index contributed by atoms with van der Waals surface area (Å²) in [5.41, 5.74) is 0.940. The second-order valence-corrected chi connectivity index (χ2v) is 5.29. The Bertz CT molecular complexity index is 637. The Balaban J connectivity index is 2.12. The van der Waals surface area contributed by atoms with Gasteiger partial charge in [-0.05, 0) is 6.42 Å². The summed E-state index contributed by atoms with van der Waals surface area (Å²) in [5.74, 6) is -0.0161. The molecule has 6 heteroatoms. The van der Waals surface area contributed by atoms with Gasteiger partial charge in [-0.15, -0.1) is 0 Å². The van der Waals surface area contributed by atoms with Crippen molar-refractivity contribution < 1.29 is 19.6 Å². The van der Waals surface area contributed by atoms with Gasteiger partial charge in [0.25, 0.3) is 5.69 Å². The zero-order chi connectivity index (χ0) is 15.0. The number of nitrogens with zero attached hydrogens (tertiary/aromatic N) is 1. The van der Waals surface area contributed by atoms with Crippen LogP contribution < -0.4 is 0 Å². The quantitative estimate of drug-likeness (QED) is 0.667. The lowest BCUT2D eigenvalue weighted by Crippen LogP contribution is -2.30. The van der Waals surface area contributed by atoms with E-state index in [-0.39, 0.29) is 17.9 Å². The van der Waals surface area contributed by atoms with Gasteiger partial charge in [0.1, 0.15) is 5.76 Å². The Kier molecular flexibility index (Phi) is 3.47. The minimum absolute atomic E-state index is 0.0261. The number of para-hydroxylation sites is 1. The summed E-state index contributed by atoms with van der Waals surface area (Å²) in [5, 5.41) is 21.1. The Labute approximate surface area is 121 Å². The molecule has 0 aromatic heterocycles. The number of rotatable bonds is 2. The van der Waals surface area contributed by atoms with Crippen LogP contribution in [0.2, 0.25) is 0 Å². The van der Waals surface area contributed by atoms with Crippen molar-refractivity contribution in [2.75, 3.05) is 0 Å². The maximum Gasteiger partial charge on any atom is 0.273 e. The van der Waals surface area contributed by atoms with E-state index in [4.69, 9.17) is 4.74 Å². The highest BCUT2D eigenvalue weighted by Gasteiger charge is 2.38. The SMILES string of the molecule is O=C1CCCC2=C1[C@H](c1ccccc1[N+](=O)[O-])CC(O)O2. The van der Waals surface area contributed by atoms with Gasteiger partial charge in [0.05, 0.1) is 4.92 Å². The van der Waals surface area contributed by atoms with E-state index in [1.165, 1.54) is 6.07 Å². The van der Waals surface area contributed by atoms with Crippen molar-refractivity contribution in [2.45, 2.75) is 37.9 Å². The molecule has 1 unspecified atom stereocenters. The lowest BCUT2D eigenvalue weighted by molar-refractivity contribution is -0.385. The first-order valence-corrected chi connectivity index (χ1v) is 6.92. The summed E-state index contributed by atoms with van der Waals surface area (Å²) in [6.07, 6.45) is 0.841. The van der Waals surface area contributed by atoms with Crippen LogP contribution in [0.3, 0.4) is 0 Å². The highest BCUT2D eigenvalue weighted by molar-refractivity contribution is 5.98. The average Bonchev–Trinajstić information content (AvgIpc) is 2.46. The average molecular weight is 289 g/mol. The van der Waals surface area contributed by atoms with E-state index >= 15 is 0 Å². The molecule has 2 aliphatic rings. The number of Topliss-reactive ketones (excluding diaryl/α,β-unsaturated/α-hetero) is 1. The number of ether oxygens (including phenoxy) is 1. The molecule has 1 aliphatic carbocycles. The molecule has 21 heavy (non-hydrogen) atoms. The molecular formula is C15H15NO5. The molecule has 1 heterocycles. The Morgan fingerprint density at radius 2 is 2.05 bits per heavy atom. The van der Waals surface area contributed by atoms with Crippen molar-refractivity contribution >= 4 is 11.5 Å². The van der Waals surface area contributed by atoms with Crippen LogP contribution in [0.4, 0.5) is 5.69 Å². The smallest absolute Gasteiger partial charge is 0.273 e. The molecule has 0 radical (unpaired) electrons. The van der Waals surface area contributed by atoms with Gasteiger partial charge in [0.2, 0.25) is 0 Å². The number of aliphatic hydroxyl groups excluding tert-OH is 1. The number of aliphatic hydroxyl groups is 1. The fraction of sp³-hybridized carbons (Fsp3) is 0.400. The minimum Gasteiger partial charge on any atom is -0.469 e. The van der Waals surface area contributed by atoms with E-state index in [0.29, 0.717) is 36.2 Å². The second kappa shape index (κ2) is 5.29. The number of hydrogen-bond acceptors (Lipinski definition) is 5. The number of nitro groups is 1. The van der Waals surface area contributed by atoms with Crippen molar-refractivity contribution in [1.29, 1.82) is 0 Å². The number of benzene rings is 1. The zero-order valence-electron chi connectivity index (χ0n) is 11.3. The first kappa shape index (κ1) is 13.8. The lowest BCUT2D eigenvalue weighted by Gasteiger charge is -2.33. The van der Waals surface area contributed by atoms with E-state index in [0.717, 1.165) is 0 Å². The molecule has 1 aliphatic heterocycles. The number of nitro benzene ring substituents is 1. The number of hydrogen-bond donors (Lipinski definition) is 1. The Morgan fingerprint density at radius 3 is 2.81 bits per heavy atom. The van der Waals surface area contributed by atoms with Gasteiger partial charge >= 0.3 is 0 Å². The van der Waals surface area contributed by atoms with Gasteiger partial charge in [-0.2, -0.15) is 0 Å². The van der Waals surface area contributed by atoms with E-state index in [9.17, 15) is 20.0 Å². The number of ketones is 1. The van der Waals surface area contributed by atoms with E-state index in [1.54, 1.807) is 18.2 Å². The van der Waals surface area contributed by atoms with Crippen molar-refractivity contribution in [3.8, 4) is 0 Å². The first-order chi connectivity index (χ1) is 10.1. The summed E-state index contributed by atoms with van der Waals surface area (Å²) < 4.78 is 5.36. The third-order valence-electron chi connectivity index (χ3n) is 3.98. The maximum absolute atomic E-state index is 12.2. The summed E-state index contributed by atoms with van der Waals surface area (Å²) >= 11 is 0. The number of allylic oxidation sites excluding steroid dienone is 2. The lowest BCUT2D eigenvalue weighted by atomic mass is 9.79. The molecular weight excluding hydrogens is 274 g/mol. The molecule has 0 saturated heterocycles. The van der Waals surface area contributed by atoms with Crippen LogP contribution in [0.1, 0.15) is 37.2 Å². The van der Waals surface area contributed by atoms with Crippen LogP contribution in [0, 0.1) is 10.1 Å². The molecule has 0 spiro atoms. The van der Waals surface area contributed by atoms with Gasteiger partial charge in [0, 0.05) is 42.4 Å². The third kappa shape index (κ3) is 2.42. The van der Waals surface area contributed by atoms with E-state index in [1.807, 2.05) is 0 Å². The molecule has 0 bridgehead atoms. The largest absolute Gasteiger partial charge is 0.469 e. The second-order valence-electron chi connectivity index (χ2n) is 5.29. The van der Waals surface area contributed by atoms with Crippen LogP contribution in [-0.2, 0) is 9.53 Å². The molecule has 0 amide bonds. The van der Waals surface area contributed by atoms with E-state index in [2.05, 4.69) is 0 Å². The molecule has 3 rings (SSSR count). The van der Waals surface area contributed by atoms with Crippen LogP contribution in [0.15, 0.2) is 35.6 Å². The van der Waals surface area contributed by atoms with Gasteiger partial charge in [-0.25, -0.2) is 0 Å². The normalized spacial score (nSPS) is 25.3. The standard InChI is InChI=1S/C15H15NO5/c17-12-6-3-7-13-15(12)10(8-14(18)21-13)9-4-1-2-5-11(9)16(19)20/h1-2,4-5,10,14,18H,3,6-8H2/t10-,14?/m0/s1. The van der Waals surface area contributed by atoms with Gasteiger partial charge < -0.3 is 9.84 Å². The zero-order valence-corrected chi connectivity index (χ0v) is 11.3. The monoisotopic (exact) mass is 289 g/mol. The fourth-order valence-corrected chi connectivity index (χ4v) is 3.11. The molecule has 110 valence electrons. The summed E-state index contributed by atoms with van der Waals surface area (Å²) in [4.78, 5) is 23.0. The molecule has 1 N–H and O–H groups in total. The Hall–Kier alpha value is -2.21. The van der Waals surface area contributed by atoms with Gasteiger partial charge in [0.15, 0.2) is 12.1 Å². The molecule has 2 atom stereocenters. The minimum atomic E-state index is -1.03. The summed E-state index contributed by atoms with van der Waals surface area (Å²) in [6.45, 7) is 0. The van der Waals surface area contributed by atoms with Crippen LogP contribution in [0.5, 0.6) is 0 Å². The van der Waals surface area contributed by atoms with Crippen molar-refractivity contribution in [3.63, 3.8) is 0 Å². The number of carbonyl (C=O) groups is 1. The predicted octanol–water partition coefficient (Wildman–Crippen LogP) is 2.42. The molecule has 0 fully saturated rings. The van der Waals surface area contributed by atoms with Gasteiger partial charge in [-0.3, -0.25) is 14.9 Å². The predicted molar refractivity (Wildman–Crippen MR) is 73.4 cm³/mol. The van der Waals surface area contributed by atoms with Crippen LogP contribution >= 0.6 is 0 Å². The van der Waals surface area contributed by atoms with Crippen LogP contribution in [-0.4, -0.2) is 22.1 Å². The summed E-state index contributed by atoms with van der Waals surface area (Å²) in [7, 11) is 0. The third-order valence-corrected chi connectivity index (χ3v) is 3.98. The highest BCUT2D eigenvalue weighted by atomic mass is 16.6. The van der Waals surface area contributed by atoms with Gasteiger partial charge in [-0.1, -0.05) is 18.2 Å². The molecule has 1 aromatic rings. The van der Waals surface area contributed by atoms with Crippen LogP contribution in [0.25, 0.3) is 0 Å². The first-order valence-electron chi connectivity index (χ1n) is 6.92. The molecule has 1 aromatic carbocycles. The molecule has 0 saturated carbocycles. The van der Waals surface area contributed by atoms with Crippen molar-refractivity contribution in [2.24, 2.45) is 0 Å². The maximum atomic E-state index is 12.2. The topological polar surface area (TPSA) is 89.7 Å². The summed E-state index contributed by atoms with van der Waals surface area (Å²) in [6, 6.07) is 6.37. The van der Waals surface area contributed by atoms with Crippen molar-refractivity contribution in [1.82, 2.24) is 0 Å².